The van der Waals surface area contributed by atoms with Crippen LogP contribution in [0.2, 0.25) is 5.02 Å². The molecule has 0 fully saturated rings. The molecule has 2 aromatic heterocycles. The quantitative estimate of drug-likeness (QED) is 0.660. The molecule has 3 aromatic rings. The van der Waals surface area contributed by atoms with Crippen LogP contribution in [0.4, 0.5) is 0 Å². The molecule has 1 aromatic carbocycles. The van der Waals surface area contributed by atoms with E-state index in [1.54, 1.807) is 6.07 Å². The van der Waals surface area contributed by atoms with E-state index >= 15 is 0 Å². The van der Waals surface area contributed by atoms with E-state index in [9.17, 15) is 4.79 Å². The summed E-state index contributed by atoms with van der Waals surface area (Å²) in [6.07, 6.45) is 0. The average Bonchev–Trinajstić information content (AvgIpc) is 2.93. The van der Waals surface area contributed by atoms with Crippen LogP contribution in [0.3, 0.4) is 0 Å². The Morgan fingerprint density at radius 2 is 1.89 bits per heavy atom. The van der Waals surface area contributed by atoms with Crippen LogP contribution in [-0.2, 0) is 0 Å². The number of rotatable bonds is 2. The van der Waals surface area contributed by atoms with Crippen molar-refractivity contribution in [2.45, 2.75) is 0 Å². The lowest BCUT2D eigenvalue weighted by Gasteiger charge is -1.92. The van der Waals surface area contributed by atoms with E-state index in [1.807, 2.05) is 24.3 Å². The molecule has 0 bridgehead atoms. The van der Waals surface area contributed by atoms with Crippen molar-refractivity contribution >= 4 is 28.5 Å². The Morgan fingerprint density at radius 1 is 1.06 bits per heavy atom. The lowest BCUT2D eigenvalue weighted by Crippen LogP contribution is -1.95. The van der Waals surface area contributed by atoms with Crippen molar-refractivity contribution in [3.8, 4) is 11.4 Å². The highest BCUT2D eigenvalue weighted by molar-refractivity contribution is 6.31. The molecule has 4 nitrogen and oxygen atoms in total. The first kappa shape index (κ1) is 10.9. The molecule has 0 saturated carbocycles. The fraction of sp³-hybridized carbons (Fsp3) is 0. The molecule has 90 valence electrons. The van der Waals surface area contributed by atoms with Gasteiger partial charge < -0.3 is 15.1 Å². The van der Waals surface area contributed by atoms with Crippen LogP contribution in [0.1, 0.15) is 10.5 Å². The third-order valence-electron chi connectivity index (χ3n) is 2.79. The SMILES string of the molecule is O=C(O)c1ccc(-c2cc3ccc(Cl)cc3[nH]2)[nH]1. The Morgan fingerprint density at radius 3 is 2.61 bits per heavy atom. The molecule has 5 heteroatoms. The third-order valence-corrected chi connectivity index (χ3v) is 3.03. The average molecular weight is 261 g/mol. The van der Waals surface area contributed by atoms with Crippen molar-refractivity contribution in [1.29, 1.82) is 0 Å². The van der Waals surface area contributed by atoms with Gasteiger partial charge in [0.2, 0.25) is 0 Å². The number of hydrogen-bond donors (Lipinski definition) is 3. The van der Waals surface area contributed by atoms with Crippen molar-refractivity contribution in [2.75, 3.05) is 0 Å². The normalized spacial score (nSPS) is 10.9. The van der Waals surface area contributed by atoms with Gasteiger partial charge in [0, 0.05) is 15.9 Å². The number of aromatic amines is 2. The smallest absolute Gasteiger partial charge is 0.352 e. The van der Waals surface area contributed by atoms with Gasteiger partial charge in [-0.15, -0.1) is 0 Å². The Hall–Kier alpha value is -2.20. The van der Waals surface area contributed by atoms with Crippen molar-refractivity contribution in [3.63, 3.8) is 0 Å². The van der Waals surface area contributed by atoms with Crippen LogP contribution >= 0.6 is 11.6 Å². The fourth-order valence-corrected chi connectivity index (χ4v) is 2.09. The molecule has 0 aliphatic rings. The summed E-state index contributed by atoms with van der Waals surface area (Å²) in [5.74, 6) is -0.972. The molecule has 0 aliphatic heterocycles. The van der Waals surface area contributed by atoms with Crippen LogP contribution in [-0.4, -0.2) is 21.0 Å². The second-order valence-corrected chi connectivity index (χ2v) is 4.44. The first-order chi connectivity index (χ1) is 8.63. The second kappa shape index (κ2) is 3.92. The third kappa shape index (κ3) is 1.76. The zero-order valence-electron chi connectivity index (χ0n) is 9.20. The van der Waals surface area contributed by atoms with Gasteiger partial charge in [0.15, 0.2) is 0 Å². The zero-order valence-corrected chi connectivity index (χ0v) is 9.95. The molecule has 0 amide bonds. The summed E-state index contributed by atoms with van der Waals surface area (Å²) in [4.78, 5) is 16.8. The molecular formula is C13H9ClN2O2. The van der Waals surface area contributed by atoms with Gasteiger partial charge in [-0.25, -0.2) is 4.79 Å². The minimum atomic E-state index is -0.972. The van der Waals surface area contributed by atoms with Gasteiger partial charge in [-0.3, -0.25) is 0 Å². The van der Waals surface area contributed by atoms with Gasteiger partial charge in [0.05, 0.1) is 11.4 Å². The summed E-state index contributed by atoms with van der Waals surface area (Å²) in [5, 5.41) is 10.6. The maximum atomic E-state index is 10.8. The van der Waals surface area contributed by atoms with E-state index in [-0.39, 0.29) is 5.69 Å². The van der Waals surface area contributed by atoms with E-state index in [0.717, 1.165) is 22.3 Å². The van der Waals surface area contributed by atoms with Gasteiger partial charge in [-0.1, -0.05) is 17.7 Å². The van der Waals surface area contributed by atoms with Gasteiger partial charge in [-0.2, -0.15) is 0 Å². The van der Waals surface area contributed by atoms with Crippen LogP contribution in [0.5, 0.6) is 0 Å². The van der Waals surface area contributed by atoms with E-state index in [2.05, 4.69) is 9.97 Å². The predicted octanol–water partition coefficient (Wildman–Crippen LogP) is 3.51. The second-order valence-electron chi connectivity index (χ2n) is 4.01. The first-order valence-electron chi connectivity index (χ1n) is 5.34. The molecular weight excluding hydrogens is 252 g/mol. The lowest BCUT2D eigenvalue weighted by atomic mass is 10.2. The van der Waals surface area contributed by atoms with Gasteiger partial charge in [0.25, 0.3) is 0 Å². The van der Waals surface area contributed by atoms with E-state index in [4.69, 9.17) is 16.7 Å². The number of H-pyrrole nitrogens is 2. The molecule has 0 spiro atoms. The van der Waals surface area contributed by atoms with Crippen LogP contribution < -0.4 is 0 Å². The molecule has 3 N–H and O–H groups in total. The Balaban J connectivity index is 2.10. The zero-order chi connectivity index (χ0) is 12.7. The molecule has 0 unspecified atom stereocenters. The van der Waals surface area contributed by atoms with Gasteiger partial charge in [-0.05, 0) is 30.3 Å². The maximum absolute atomic E-state index is 10.8. The number of hydrogen-bond acceptors (Lipinski definition) is 1. The van der Waals surface area contributed by atoms with Crippen molar-refractivity contribution in [2.24, 2.45) is 0 Å². The minimum Gasteiger partial charge on any atom is -0.477 e. The molecule has 0 aliphatic carbocycles. The Labute approximate surface area is 107 Å². The minimum absolute atomic E-state index is 0.168. The summed E-state index contributed by atoms with van der Waals surface area (Å²) >= 11 is 5.91. The van der Waals surface area contributed by atoms with E-state index in [1.165, 1.54) is 6.07 Å². The Bertz CT molecular complexity index is 742. The molecule has 0 radical (unpaired) electrons. The summed E-state index contributed by atoms with van der Waals surface area (Å²) in [6.45, 7) is 0. The number of fused-ring (bicyclic) bond motifs is 1. The van der Waals surface area contributed by atoms with Crippen molar-refractivity contribution in [1.82, 2.24) is 9.97 Å². The standard InChI is InChI=1S/C13H9ClN2O2/c14-8-2-1-7-5-12(16-11(7)6-8)9-3-4-10(15-9)13(17)18/h1-6,15-16H,(H,17,18). The highest BCUT2D eigenvalue weighted by Crippen LogP contribution is 2.25. The number of nitrogens with one attached hydrogen (secondary N) is 2. The fourth-order valence-electron chi connectivity index (χ4n) is 1.92. The summed E-state index contributed by atoms with van der Waals surface area (Å²) < 4.78 is 0. The molecule has 18 heavy (non-hydrogen) atoms. The van der Waals surface area contributed by atoms with E-state index in [0.29, 0.717) is 5.02 Å². The highest BCUT2D eigenvalue weighted by atomic mass is 35.5. The topological polar surface area (TPSA) is 68.9 Å². The van der Waals surface area contributed by atoms with Crippen molar-refractivity contribution < 1.29 is 9.90 Å². The number of carbonyl (C=O) groups is 1. The summed E-state index contributed by atoms with van der Waals surface area (Å²) in [7, 11) is 0. The maximum Gasteiger partial charge on any atom is 0.352 e. The number of benzene rings is 1. The Kier molecular flexibility index (Phi) is 2.38. The number of aromatic nitrogens is 2. The number of carboxylic acids is 1. The van der Waals surface area contributed by atoms with Gasteiger partial charge in [0.1, 0.15) is 5.69 Å². The monoisotopic (exact) mass is 260 g/mol. The van der Waals surface area contributed by atoms with Crippen LogP contribution in [0.25, 0.3) is 22.3 Å². The predicted molar refractivity (Wildman–Crippen MR) is 70.1 cm³/mol. The van der Waals surface area contributed by atoms with Crippen LogP contribution in [0.15, 0.2) is 36.4 Å². The number of carboxylic acid groups (broad SMARTS) is 1. The number of halogens is 1. The number of aromatic carboxylic acids is 1. The molecule has 2 heterocycles. The first-order valence-corrected chi connectivity index (χ1v) is 5.72. The van der Waals surface area contributed by atoms with Gasteiger partial charge >= 0.3 is 5.97 Å². The summed E-state index contributed by atoms with van der Waals surface area (Å²) in [6, 6.07) is 10.8. The molecule has 0 atom stereocenters. The van der Waals surface area contributed by atoms with E-state index < -0.39 is 5.97 Å². The highest BCUT2D eigenvalue weighted by Gasteiger charge is 2.09. The van der Waals surface area contributed by atoms with Crippen LogP contribution in [0, 0.1) is 0 Å². The van der Waals surface area contributed by atoms with Crippen molar-refractivity contribution in [3.05, 3.63) is 47.1 Å². The molecule has 0 saturated heterocycles. The summed E-state index contributed by atoms with van der Waals surface area (Å²) in [5.41, 5.74) is 2.66. The largest absolute Gasteiger partial charge is 0.477 e. The molecule has 3 rings (SSSR count). The lowest BCUT2D eigenvalue weighted by molar-refractivity contribution is 0.0691.